The predicted molar refractivity (Wildman–Crippen MR) is 157 cm³/mol. The maximum Gasteiger partial charge on any atom is 0.494 e. The highest BCUT2D eigenvalue weighted by Crippen LogP contribution is 2.50. The number of para-hydroxylation sites is 1. The van der Waals surface area contributed by atoms with Crippen molar-refractivity contribution in [2.24, 2.45) is 0 Å². The molecule has 0 amide bonds. The lowest BCUT2D eigenvalue weighted by molar-refractivity contribution is 0.00578. The highest BCUT2D eigenvalue weighted by atomic mass is 16.7. The summed E-state index contributed by atoms with van der Waals surface area (Å²) in [4.78, 5) is 0. The third-order valence-corrected chi connectivity index (χ3v) is 9.16. The van der Waals surface area contributed by atoms with Crippen molar-refractivity contribution in [2.45, 2.75) is 58.2 Å². The van der Waals surface area contributed by atoms with Gasteiger partial charge in [0.05, 0.1) is 22.8 Å². The number of nitriles is 1. The third kappa shape index (κ3) is 3.38. The number of hydrogen-bond donors (Lipinski definition) is 0. The van der Waals surface area contributed by atoms with Gasteiger partial charge >= 0.3 is 7.12 Å². The number of nitrogens with zero attached hydrogens (tertiary/aromatic N) is 1. The van der Waals surface area contributed by atoms with Gasteiger partial charge < -0.3 is 13.7 Å². The second-order valence-corrected chi connectivity index (χ2v) is 12.4. The van der Waals surface area contributed by atoms with Crippen molar-refractivity contribution in [3.63, 3.8) is 0 Å². The van der Waals surface area contributed by atoms with Gasteiger partial charge in [-0.25, -0.2) is 0 Å². The lowest BCUT2D eigenvalue weighted by atomic mass is 9.78. The molecular weight excluding hydrogens is 481 g/mol. The van der Waals surface area contributed by atoms with Gasteiger partial charge in [0.2, 0.25) is 0 Å². The lowest BCUT2D eigenvalue weighted by Gasteiger charge is -2.32. The fourth-order valence-corrected chi connectivity index (χ4v) is 6.14. The summed E-state index contributed by atoms with van der Waals surface area (Å²) in [5, 5.41) is 11.6. The highest BCUT2D eigenvalue weighted by molar-refractivity contribution is 6.62. The van der Waals surface area contributed by atoms with Crippen LogP contribution in [0.3, 0.4) is 0 Å². The summed E-state index contributed by atoms with van der Waals surface area (Å²) >= 11 is 0. The molecule has 39 heavy (non-hydrogen) atoms. The van der Waals surface area contributed by atoms with Crippen molar-refractivity contribution in [1.82, 2.24) is 0 Å². The minimum absolute atomic E-state index is 0.201. The molecule has 0 atom stereocenters. The van der Waals surface area contributed by atoms with E-state index in [1.807, 2.05) is 24.3 Å². The van der Waals surface area contributed by atoms with E-state index in [1.54, 1.807) is 0 Å². The van der Waals surface area contributed by atoms with Crippen LogP contribution in [0.2, 0.25) is 0 Å². The van der Waals surface area contributed by atoms with Crippen LogP contribution in [0.15, 0.2) is 77.2 Å². The lowest BCUT2D eigenvalue weighted by Crippen LogP contribution is -2.41. The van der Waals surface area contributed by atoms with Gasteiger partial charge in [-0.15, -0.1) is 0 Å². The van der Waals surface area contributed by atoms with Crippen LogP contribution in [0.4, 0.5) is 0 Å². The van der Waals surface area contributed by atoms with E-state index in [-0.39, 0.29) is 5.41 Å². The molecule has 5 heteroatoms. The SMILES string of the molecule is CC1(C)c2cc(C#N)ccc2-c2ccc(-c3cccc4c3oc3ccc(B5OC(C)(C)C(C)(C)O5)cc34)cc21. The van der Waals surface area contributed by atoms with E-state index in [1.165, 1.54) is 22.3 Å². The molecule has 192 valence electrons. The molecule has 4 aromatic carbocycles. The van der Waals surface area contributed by atoms with Crippen LogP contribution < -0.4 is 5.46 Å². The van der Waals surface area contributed by atoms with E-state index in [0.29, 0.717) is 5.56 Å². The van der Waals surface area contributed by atoms with Crippen molar-refractivity contribution >= 4 is 34.5 Å². The fraction of sp³-hybridized carbons (Fsp3) is 0.265. The van der Waals surface area contributed by atoms with Crippen molar-refractivity contribution in [1.29, 1.82) is 5.26 Å². The number of hydrogen-bond acceptors (Lipinski definition) is 4. The Morgan fingerprint density at radius 1 is 0.692 bits per heavy atom. The molecule has 1 aliphatic heterocycles. The van der Waals surface area contributed by atoms with Gasteiger partial charge in [0, 0.05) is 21.8 Å². The molecule has 0 radical (unpaired) electrons. The van der Waals surface area contributed by atoms with Crippen LogP contribution in [0.25, 0.3) is 44.2 Å². The van der Waals surface area contributed by atoms with Gasteiger partial charge in [-0.1, -0.05) is 62.4 Å². The van der Waals surface area contributed by atoms with E-state index in [0.717, 1.165) is 38.5 Å². The summed E-state index contributed by atoms with van der Waals surface area (Å²) in [5.74, 6) is 0. The summed E-state index contributed by atoms with van der Waals surface area (Å²) in [6.45, 7) is 12.8. The Morgan fingerprint density at radius 3 is 2.10 bits per heavy atom. The largest absolute Gasteiger partial charge is 0.494 e. The Hall–Kier alpha value is -3.85. The molecule has 1 aromatic heterocycles. The Balaban J connectivity index is 1.33. The highest BCUT2D eigenvalue weighted by Gasteiger charge is 2.51. The van der Waals surface area contributed by atoms with Gasteiger partial charge in [-0.3, -0.25) is 0 Å². The zero-order chi connectivity index (χ0) is 27.3. The molecule has 0 unspecified atom stereocenters. The average Bonchev–Trinajstić information content (AvgIpc) is 3.47. The molecule has 2 aliphatic rings. The van der Waals surface area contributed by atoms with E-state index >= 15 is 0 Å². The summed E-state index contributed by atoms with van der Waals surface area (Å²) in [7, 11) is -0.422. The Morgan fingerprint density at radius 2 is 1.38 bits per heavy atom. The molecule has 2 heterocycles. The molecule has 7 rings (SSSR count). The van der Waals surface area contributed by atoms with Crippen molar-refractivity contribution in [3.05, 3.63) is 89.5 Å². The molecule has 1 fully saturated rings. The molecule has 0 N–H and O–H groups in total. The van der Waals surface area contributed by atoms with Crippen LogP contribution in [0.5, 0.6) is 0 Å². The van der Waals surface area contributed by atoms with Gasteiger partial charge in [0.15, 0.2) is 0 Å². The average molecular weight is 511 g/mol. The first-order valence-electron chi connectivity index (χ1n) is 13.5. The fourth-order valence-electron chi connectivity index (χ4n) is 6.14. The quantitative estimate of drug-likeness (QED) is 0.228. The van der Waals surface area contributed by atoms with Gasteiger partial charge in [0.25, 0.3) is 0 Å². The molecule has 1 saturated heterocycles. The molecule has 5 aromatic rings. The second kappa shape index (κ2) is 7.85. The van der Waals surface area contributed by atoms with Crippen molar-refractivity contribution in [3.8, 4) is 28.3 Å². The molecule has 0 bridgehead atoms. The predicted octanol–water partition coefficient (Wildman–Crippen LogP) is 7.73. The maximum atomic E-state index is 9.46. The number of fused-ring (bicyclic) bond motifs is 6. The molecule has 1 aliphatic carbocycles. The third-order valence-electron chi connectivity index (χ3n) is 9.16. The normalized spacial score (nSPS) is 18.3. The van der Waals surface area contributed by atoms with Crippen LogP contribution in [-0.4, -0.2) is 18.3 Å². The van der Waals surface area contributed by atoms with Crippen LogP contribution in [-0.2, 0) is 14.7 Å². The minimum Gasteiger partial charge on any atom is -0.455 e. The van der Waals surface area contributed by atoms with E-state index in [4.69, 9.17) is 13.7 Å². The Kier molecular flexibility index (Phi) is 4.87. The van der Waals surface area contributed by atoms with Crippen LogP contribution in [0.1, 0.15) is 58.2 Å². The van der Waals surface area contributed by atoms with Gasteiger partial charge in [-0.05, 0) is 85.2 Å². The van der Waals surface area contributed by atoms with E-state index in [9.17, 15) is 5.26 Å². The van der Waals surface area contributed by atoms with E-state index < -0.39 is 18.3 Å². The van der Waals surface area contributed by atoms with Crippen molar-refractivity contribution < 1.29 is 13.7 Å². The van der Waals surface area contributed by atoms with Crippen LogP contribution >= 0.6 is 0 Å². The Bertz CT molecular complexity index is 1860. The molecule has 0 saturated carbocycles. The van der Waals surface area contributed by atoms with Crippen LogP contribution in [0, 0.1) is 11.3 Å². The van der Waals surface area contributed by atoms with E-state index in [2.05, 4.69) is 96.1 Å². The summed E-state index contributed by atoms with van der Waals surface area (Å²) in [6.07, 6.45) is 0. The maximum absolute atomic E-state index is 9.46. The second-order valence-electron chi connectivity index (χ2n) is 12.4. The number of benzene rings is 4. The first-order chi connectivity index (χ1) is 18.5. The standard InChI is InChI=1S/C34H30BNO3/c1-32(2)28-16-20(19-36)10-13-24(28)25-14-11-21(17-29(25)32)23-8-7-9-26-27-18-22(12-15-30(27)37-31(23)26)35-38-33(3,4)34(5,6)39-35/h7-18H,1-6H3. The number of furan rings is 1. The smallest absolute Gasteiger partial charge is 0.455 e. The Labute approximate surface area is 229 Å². The first kappa shape index (κ1) is 24.2. The summed E-state index contributed by atoms with van der Waals surface area (Å²) in [5.41, 5.74) is 9.49. The molecule has 4 nitrogen and oxygen atoms in total. The summed E-state index contributed by atoms with van der Waals surface area (Å²) in [6, 6.07) is 27.5. The molecular formula is C34H30BNO3. The number of rotatable bonds is 2. The van der Waals surface area contributed by atoms with Gasteiger partial charge in [-0.2, -0.15) is 5.26 Å². The monoisotopic (exact) mass is 511 g/mol. The zero-order valence-electron chi connectivity index (χ0n) is 23.2. The topological polar surface area (TPSA) is 55.4 Å². The van der Waals surface area contributed by atoms with Gasteiger partial charge in [0.1, 0.15) is 11.2 Å². The summed E-state index contributed by atoms with van der Waals surface area (Å²) < 4.78 is 19.1. The minimum atomic E-state index is -0.422. The molecule has 0 spiro atoms. The first-order valence-corrected chi connectivity index (χ1v) is 13.5. The zero-order valence-corrected chi connectivity index (χ0v) is 23.2. The van der Waals surface area contributed by atoms with Crippen molar-refractivity contribution in [2.75, 3.05) is 0 Å².